The fourth-order valence-corrected chi connectivity index (χ4v) is 3.03. The van der Waals surface area contributed by atoms with Crippen molar-refractivity contribution in [3.63, 3.8) is 0 Å². The van der Waals surface area contributed by atoms with Crippen LogP contribution in [0.3, 0.4) is 0 Å². The lowest BCUT2D eigenvalue weighted by Crippen LogP contribution is -2.31. The van der Waals surface area contributed by atoms with E-state index >= 15 is 0 Å². The van der Waals surface area contributed by atoms with Crippen molar-refractivity contribution in [3.05, 3.63) is 70.8 Å². The summed E-state index contributed by atoms with van der Waals surface area (Å²) < 4.78 is 5.19. The Morgan fingerprint density at radius 2 is 1.78 bits per heavy atom. The third kappa shape index (κ3) is 3.78. The highest BCUT2D eigenvalue weighted by Gasteiger charge is 2.39. The molecule has 3 rings (SSSR count). The van der Waals surface area contributed by atoms with Gasteiger partial charge in [-0.3, -0.25) is 9.59 Å². The number of benzene rings is 2. The summed E-state index contributed by atoms with van der Waals surface area (Å²) in [4.78, 5) is 38.6. The second-order valence-corrected chi connectivity index (χ2v) is 6.42. The smallest absolute Gasteiger partial charge is 0.338 e. The van der Waals surface area contributed by atoms with Crippen LogP contribution in [-0.4, -0.2) is 24.4 Å². The predicted molar refractivity (Wildman–Crippen MR) is 103 cm³/mol. The highest BCUT2D eigenvalue weighted by atomic mass is 35.5. The summed E-state index contributed by atoms with van der Waals surface area (Å²) in [7, 11) is 0. The highest BCUT2D eigenvalue weighted by Crippen LogP contribution is 2.35. The number of nitrogens with zero attached hydrogens (tertiary/aromatic N) is 1. The molecule has 138 valence electrons. The molecule has 2 amide bonds. The van der Waals surface area contributed by atoms with E-state index in [9.17, 15) is 14.4 Å². The molecule has 1 aliphatic heterocycles. The standard InChI is InChI=1S/C21H18ClNO4/c1-2-3-12-27-21(26)15-10-7-11-16(13-15)23-19(24)17(18(22)20(23)25)14-8-5-4-6-9-14/h4-11,13H,2-3,12H2,1H3. The van der Waals surface area contributed by atoms with Crippen molar-refractivity contribution in [2.75, 3.05) is 11.5 Å². The number of anilines is 1. The zero-order valence-corrected chi connectivity index (χ0v) is 15.5. The van der Waals surface area contributed by atoms with E-state index < -0.39 is 17.8 Å². The third-order valence-electron chi connectivity index (χ3n) is 4.16. The van der Waals surface area contributed by atoms with Crippen LogP contribution < -0.4 is 4.90 Å². The molecule has 0 unspecified atom stereocenters. The zero-order chi connectivity index (χ0) is 19.4. The number of esters is 1. The van der Waals surface area contributed by atoms with Gasteiger partial charge in [0, 0.05) is 0 Å². The molecular weight excluding hydrogens is 366 g/mol. The predicted octanol–water partition coefficient (Wildman–Crippen LogP) is 4.17. The number of imide groups is 1. The molecule has 0 fully saturated rings. The van der Waals surface area contributed by atoms with Crippen molar-refractivity contribution in [2.45, 2.75) is 19.8 Å². The summed E-state index contributed by atoms with van der Waals surface area (Å²) in [5.74, 6) is -1.63. The van der Waals surface area contributed by atoms with Crippen LogP contribution in [0.5, 0.6) is 0 Å². The van der Waals surface area contributed by atoms with E-state index in [-0.39, 0.29) is 21.9 Å². The number of hydrogen-bond donors (Lipinski definition) is 0. The molecule has 0 aromatic heterocycles. The number of halogens is 1. The minimum absolute atomic E-state index is 0.137. The van der Waals surface area contributed by atoms with Crippen molar-refractivity contribution in [1.82, 2.24) is 0 Å². The topological polar surface area (TPSA) is 63.7 Å². The van der Waals surface area contributed by atoms with E-state index in [4.69, 9.17) is 16.3 Å². The molecule has 1 aliphatic rings. The van der Waals surface area contributed by atoms with Crippen LogP contribution in [0.25, 0.3) is 5.57 Å². The van der Waals surface area contributed by atoms with Crippen LogP contribution in [0.1, 0.15) is 35.7 Å². The minimum Gasteiger partial charge on any atom is -0.462 e. The summed E-state index contributed by atoms with van der Waals surface area (Å²) in [6.45, 7) is 2.33. The van der Waals surface area contributed by atoms with Crippen molar-refractivity contribution >= 4 is 40.6 Å². The monoisotopic (exact) mass is 383 g/mol. The maximum Gasteiger partial charge on any atom is 0.338 e. The van der Waals surface area contributed by atoms with E-state index in [0.717, 1.165) is 17.7 Å². The number of amides is 2. The van der Waals surface area contributed by atoms with Gasteiger partial charge in [-0.2, -0.15) is 0 Å². The number of carbonyl (C=O) groups excluding carboxylic acids is 3. The second kappa shape index (κ2) is 8.18. The van der Waals surface area contributed by atoms with Gasteiger partial charge in [-0.05, 0) is 30.2 Å². The zero-order valence-electron chi connectivity index (χ0n) is 14.8. The number of carbonyl (C=O) groups is 3. The van der Waals surface area contributed by atoms with Gasteiger partial charge in [0.1, 0.15) is 5.03 Å². The van der Waals surface area contributed by atoms with Crippen LogP contribution in [0.4, 0.5) is 5.69 Å². The fraction of sp³-hybridized carbons (Fsp3) is 0.190. The molecule has 0 aliphatic carbocycles. The lowest BCUT2D eigenvalue weighted by Gasteiger charge is -2.16. The van der Waals surface area contributed by atoms with Gasteiger partial charge in [0.15, 0.2) is 0 Å². The quantitative estimate of drug-likeness (QED) is 0.426. The molecule has 1 heterocycles. The SMILES string of the molecule is CCCCOC(=O)c1cccc(N2C(=O)C(Cl)=C(c3ccccc3)C2=O)c1. The van der Waals surface area contributed by atoms with Crippen molar-refractivity contribution in [2.24, 2.45) is 0 Å². The normalized spacial score (nSPS) is 14.1. The molecule has 2 aromatic rings. The van der Waals surface area contributed by atoms with Gasteiger partial charge < -0.3 is 4.74 Å². The molecule has 6 heteroatoms. The number of ether oxygens (including phenoxy) is 1. The van der Waals surface area contributed by atoms with Crippen LogP contribution in [0.2, 0.25) is 0 Å². The minimum atomic E-state index is -0.614. The summed E-state index contributed by atoms with van der Waals surface area (Å²) in [5, 5.41) is -0.137. The summed E-state index contributed by atoms with van der Waals surface area (Å²) >= 11 is 6.17. The van der Waals surface area contributed by atoms with Crippen LogP contribution >= 0.6 is 11.6 Å². The number of hydrogen-bond acceptors (Lipinski definition) is 4. The summed E-state index contributed by atoms with van der Waals surface area (Å²) in [5.41, 5.74) is 1.27. The molecule has 0 atom stereocenters. The maximum absolute atomic E-state index is 12.9. The first-order valence-corrected chi connectivity index (χ1v) is 9.03. The first-order valence-electron chi connectivity index (χ1n) is 8.65. The van der Waals surface area contributed by atoms with E-state index in [1.54, 1.807) is 42.5 Å². The molecule has 27 heavy (non-hydrogen) atoms. The Morgan fingerprint density at radius 1 is 1.04 bits per heavy atom. The molecule has 2 aromatic carbocycles. The molecule has 0 spiro atoms. The summed E-state index contributed by atoms with van der Waals surface area (Å²) in [6, 6.07) is 15.0. The molecule has 5 nitrogen and oxygen atoms in total. The average molecular weight is 384 g/mol. The van der Waals surface area contributed by atoms with Gasteiger partial charge in [0.2, 0.25) is 0 Å². The van der Waals surface area contributed by atoms with Gasteiger partial charge in [-0.1, -0.05) is 61.3 Å². The van der Waals surface area contributed by atoms with Gasteiger partial charge in [0.05, 0.1) is 23.4 Å². The molecule has 0 saturated heterocycles. The van der Waals surface area contributed by atoms with Crippen LogP contribution in [0, 0.1) is 0 Å². The number of rotatable bonds is 6. The Balaban J connectivity index is 1.88. The molecule has 0 radical (unpaired) electrons. The van der Waals surface area contributed by atoms with Gasteiger partial charge in [-0.25, -0.2) is 9.69 Å². The summed E-state index contributed by atoms with van der Waals surface area (Å²) in [6.07, 6.45) is 1.69. The molecular formula is C21H18ClNO4. The molecule has 0 saturated carbocycles. The van der Waals surface area contributed by atoms with Crippen LogP contribution in [-0.2, 0) is 14.3 Å². The lowest BCUT2D eigenvalue weighted by atomic mass is 10.1. The van der Waals surface area contributed by atoms with E-state index in [1.165, 1.54) is 6.07 Å². The van der Waals surface area contributed by atoms with Gasteiger partial charge in [0.25, 0.3) is 11.8 Å². The second-order valence-electron chi connectivity index (χ2n) is 6.04. The Labute approximate surface area is 162 Å². The Kier molecular flexibility index (Phi) is 5.72. The number of unbranched alkanes of at least 4 members (excludes halogenated alkanes) is 1. The van der Waals surface area contributed by atoms with E-state index in [2.05, 4.69) is 0 Å². The van der Waals surface area contributed by atoms with Gasteiger partial charge >= 0.3 is 5.97 Å². The Hall–Kier alpha value is -2.92. The van der Waals surface area contributed by atoms with Crippen molar-refractivity contribution < 1.29 is 19.1 Å². The Morgan fingerprint density at radius 3 is 2.48 bits per heavy atom. The molecule has 0 N–H and O–H groups in total. The maximum atomic E-state index is 12.9. The highest BCUT2D eigenvalue weighted by molar-refractivity contribution is 6.60. The third-order valence-corrected chi connectivity index (χ3v) is 4.51. The van der Waals surface area contributed by atoms with E-state index in [0.29, 0.717) is 12.2 Å². The average Bonchev–Trinajstić information content (AvgIpc) is 2.91. The van der Waals surface area contributed by atoms with Crippen molar-refractivity contribution in [3.8, 4) is 0 Å². The lowest BCUT2D eigenvalue weighted by molar-refractivity contribution is -0.119. The van der Waals surface area contributed by atoms with E-state index in [1.807, 2.05) is 13.0 Å². The first-order chi connectivity index (χ1) is 13.0. The Bertz CT molecular complexity index is 921. The molecule has 0 bridgehead atoms. The van der Waals surface area contributed by atoms with Gasteiger partial charge in [-0.15, -0.1) is 0 Å². The largest absolute Gasteiger partial charge is 0.462 e. The van der Waals surface area contributed by atoms with Crippen LogP contribution in [0.15, 0.2) is 59.6 Å². The fourth-order valence-electron chi connectivity index (χ4n) is 2.76. The first kappa shape index (κ1) is 18.9. The van der Waals surface area contributed by atoms with Crippen molar-refractivity contribution in [1.29, 1.82) is 0 Å².